The standard InChI is InChI=1S/C27H30Cl3N3O2/c28-21-3-1-2-17(7-21)14-32(26-9-18-6-19(10-26)12-27(35,11-18)16-26)25(34)20-13-31-33(15-20)24-8-22(29)4-5-23(24)30/h1-5,7-8,18-20,31,35H,6,9-16H2. The highest BCUT2D eigenvalue weighted by Gasteiger charge is 2.60. The number of hydrazine groups is 1. The summed E-state index contributed by atoms with van der Waals surface area (Å²) in [6, 6.07) is 13.1. The molecule has 2 aromatic carbocycles. The number of aliphatic hydroxyl groups is 1. The van der Waals surface area contributed by atoms with Crippen molar-refractivity contribution in [2.45, 2.75) is 56.2 Å². The molecule has 4 bridgehead atoms. The Kier molecular flexibility index (Phi) is 6.01. The van der Waals surface area contributed by atoms with Crippen molar-refractivity contribution in [3.05, 3.63) is 63.1 Å². The summed E-state index contributed by atoms with van der Waals surface area (Å²) in [5, 5.41) is 15.2. The van der Waals surface area contributed by atoms with Gasteiger partial charge in [0.25, 0.3) is 0 Å². The largest absolute Gasteiger partial charge is 0.390 e. The summed E-state index contributed by atoms with van der Waals surface area (Å²) in [6.07, 6.45) is 5.54. The van der Waals surface area contributed by atoms with Crippen LogP contribution < -0.4 is 10.4 Å². The van der Waals surface area contributed by atoms with Crippen LogP contribution in [0.15, 0.2) is 42.5 Å². The number of hydrogen-bond acceptors (Lipinski definition) is 4. The van der Waals surface area contributed by atoms with Gasteiger partial charge in [0.05, 0.1) is 22.2 Å². The zero-order valence-corrected chi connectivity index (χ0v) is 21.8. The van der Waals surface area contributed by atoms with E-state index in [2.05, 4.69) is 10.3 Å². The average Bonchev–Trinajstić information content (AvgIpc) is 3.27. The smallest absolute Gasteiger partial charge is 0.229 e. The number of carbonyl (C=O) groups is 1. The van der Waals surface area contributed by atoms with Gasteiger partial charge in [-0.2, -0.15) is 0 Å². The van der Waals surface area contributed by atoms with Crippen molar-refractivity contribution in [3.8, 4) is 0 Å². The number of hydrogen-bond donors (Lipinski definition) is 2. The molecule has 0 radical (unpaired) electrons. The minimum Gasteiger partial charge on any atom is -0.390 e. The number of amides is 1. The van der Waals surface area contributed by atoms with E-state index in [1.165, 1.54) is 6.42 Å². The van der Waals surface area contributed by atoms with E-state index in [1.807, 2.05) is 35.3 Å². The van der Waals surface area contributed by atoms with Gasteiger partial charge in [-0.25, -0.2) is 5.43 Å². The van der Waals surface area contributed by atoms with Crippen LogP contribution in [0.1, 0.15) is 44.1 Å². The Hall–Kier alpha value is -1.50. The summed E-state index contributed by atoms with van der Waals surface area (Å²) in [5.41, 5.74) is 4.20. The van der Waals surface area contributed by atoms with E-state index >= 15 is 0 Å². The third kappa shape index (κ3) is 4.44. The van der Waals surface area contributed by atoms with Crippen molar-refractivity contribution in [2.75, 3.05) is 18.1 Å². The summed E-state index contributed by atoms with van der Waals surface area (Å²) < 4.78 is 0. The van der Waals surface area contributed by atoms with E-state index in [4.69, 9.17) is 34.8 Å². The molecule has 3 atom stereocenters. The van der Waals surface area contributed by atoms with Gasteiger partial charge in [0.15, 0.2) is 0 Å². The third-order valence-electron chi connectivity index (χ3n) is 8.55. The highest BCUT2D eigenvalue weighted by Crippen LogP contribution is 2.60. The molecule has 5 aliphatic rings. The van der Waals surface area contributed by atoms with Crippen LogP contribution in [0.3, 0.4) is 0 Å². The Balaban J connectivity index is 1.31. The van der Waals surface area contributed by atoms with Crippen molar-refractivity contribution in [3.63, 3.8) is 0 Å². The van der Waals surface area contributed by atoms with Gasteiger partial charge in [0, 0.05) is 35.2 Å². The van der Waals surface area contributed by atoms with E-state index in [0.29, 0.717) is 53.0 Å². The van der Waals surface area contributed by atoms with Crippen LogP contribution in [0.5, 0.6) is 0 Å². The summed E-state index contributed by atoms with van der Waals surface area (Å²) in [6.45, 7) is 1.54. The Morgan fingerprint density at radius 3 is 2.51 bits per heavy atom. The van der Waals surface area contributed by atoms with Crippen LogP contribution in [-0.2, 0) is 11.3 Å². The normalized spacial score (nSPS) is 33.4. The fourth-order valence-corrected chi connectivity index (χ4v) is 8.21. The number of nitrogens with one attached hydrogen (secondary N) is 1. The van der Waals surface area contributed by atoms with Gasteiger partial charge in [-0.05, 0) is 86.3 Å². The summed E-state index contributed by atoms with van der Waals surface area (Å²) in [7, 11) is 0. The first-order valence-corrected chi connectivity index (χ1v) is 13.6. The molecular weight excluding hydrogens is 505 g/mol. The lowest BCUT2D eigenvalue weighted by Gasteiger charge is -2.63. The highest BCUT2D eigenvalue weighted by molar-refractivity contribution is 6.35. The second-order valence-electron chi connectivity index (χ2n) is 11.2. The zero-order valence-electron chi connectivity index (χ0n) is 19.5. The van der Waals surface area contributed by atoms with Gasteiger partial charge in [-0.3, -0.25) is 4.79 Å². The predicted octanol–water partition coefficient (Wildman–Crippen LogP) is 5.70. The van der Waals surface area contributed by atoms with Crippen molar-refractivity contribution < 1.29 is 9.90 Å². The Morgan fingerprint density at radius 2 is 1.80 bits per heavy atom. The van der Waals surface area contributed by atoms with Gasteiger partial charge in [-0.1, -0.05) is 46.9 Å². The second kappa shape index (κ2) is 8.81. The molecule has 1 saturated heterocycles. The molecule has 0 spiro atoms. The highest BCUT2D eigenvalue weighted by atomic mass is 35.5. The monoisotopic (exact) mass is 533 g/mol. The van der Waals surface area contributed by atoms with Gasteiger partial charge < -0.3 is 15.0 Å². The fourth-order valence-electron chi connectivity index (χ4n) is 7.61. The molecule has 35 heavy (non-hydrogen) atoms. The molecule has 1 aliphatic heterocycles. The molecule has 2 N–H and O–H groups in total. The average molecular weight is 535 g/mol. The number of halogens is 3. The first-order chi connectivity index (χ1) is 16.7. The minimum atomic E-state index is -0.648. The van der Waals surface area contributed by atoms with Crippen LogP contribution in [0, 0.1) is 17.8 Å². The Labute approximate surface area is 221 Å². The molecule has 3 unspecified atom stereocenters. The van der Waals surface area contributed by atoms with E-state index in [1.54, 1.807) is 12.1 Å². The molecule has 4 saturated carbocycles. The number of benzene rings is 2. The second-order valence-corrected chi connectivity index (χ2v) is 12.5. The van der Waals surface area contributed by atoms with Crippen molar-refractivity contribution in [1.82, 2.24) is 10.3 Å². The molecule has 8 heteroatoms. The van der Waals surface area contributed by atoms with Crippen LogP contribution in [0.2, 0.25) is 15.1 Å². The fraction of sp³-hybridized carbons (Fsp3) is 0.519. The van der Waals surface area contributed by atoms with E-state index in [-0.39, 0.29) is 17.4 Å². The van der Waals surface area contributed by atoms with Crippen molar-refractivity contribution in [2.24, 2.45) is 17.8 Å². The SMILES string of the molecule is O=C(C1CNN(c2cc(Cl)ccc2Cl)C1)N(Cc1cccc(Cl)c1)C12CC3CC(CC(O)(C3)C1)C2. The molecular formula is C27H30Cl3N3O2. The molecule has 4 aliphatic carbocycles. The zero-order chi connectivity index (χ0) is 24.4. The van der Waals surface area contributed by atoms with Crippen LogP contribution in [0.4, 0.5) is 5.69 Å². The van der Waals surface area contributed by atoms with Gasteiger partial charge in [0.2, 0.25) is 5.91 Å². The first-order valence-electron chi connectivity index (χ1n) is 12.5. The number of anilines is 1. The molecule has 7 rings (SSSR count). The third-order valence-corrected chi connectivity index (χ3v) is 9.34. The molecule has 2 aromatic rings. The van der Waals surface area contributed by atoms with Crippen molar-refractivity contribution in [1.29, 1.82) is 0 Å². The molecule has 5 fully saturated rings. The lowest BCUT2D eigenvalue weighted by Crippen LogP contribution is -2.67. The summed E-state index contributed by atoms with van der Waals surface area (Å²) in [4.78, 5) is 16.4. The Bertz CT molecular complexity index is 1140. The Morgan fingerprint density at radius 1 is 1.06 bits per heavy atom. The van der Waals surface area contributed by atoms with Gasteiger partial charge in [0.1, 0.15) is 0 Å². The molecule has 5 nitrogen and oxygen atoms in total. The number of rotatable bonds is 5. The predicted molar refractivity (Wildman–Crippen MR) is 140 cm³/mol. The molecule has 1 amide bonds. The van der Waals surface area contributed by atoms with E-state index < -0.39 is 5.60 Å². The lowest BCUT2D eigenvalue weighted by molar-refractivity contribution is -0.186. The molecule has 0 aromatic heterocycles. The van der Waals surface area contributed by atoms with Crippen LogP contribution in [0.25, 0.3) is 0 Å². The lowest BCUT2D eigenvalue weighted by atomic mass is 9.50. The van der Waals surface area contributed by atoms with Gasteiger partial charge >= 0.3 is 0 Å². The quantitative estimate of drug-likeness (QED) is 0.517. The first kappa shape index (κ1) is 23.9. The maximum absolute atomic E-state index is 14.3. The van der Waals surface area contributed by atoms with E-state index in [0.717, 1.165) is 36.9 Å². The topological polar surface area (TPSA) is 55.8 Å². The van der Waals surface area contributed by atoms with Gasteiger partial charge in [-0.15, -0.1) is 0 Å². The summed E-state index contributed by atoms with van der Waals surface area (Å²) >= 11 is 19.0. The molecule has 186 valence electrons. The molecule has 1 heterocycles. The number of carbonyl (C=O) groups excluding carboxylic acids is 1. The van der Waals surface area contributed by atoms with Crippen molar-refractivity contribution >= 4 is 46.4 Å². The number of nitrogens with zero attached hydrogens (tertiary/aromatic N) is 2. The van der Waals surface area contributed by atoms with Crippen LogP contribution >= 0.6 is 34.8 Å². The van der Waals surface area contributed by atoms with E-state index in [9.17, 15) is 9.90 Å². The maximum Gasteiger partial charge on any atom is 0.229 e. The maximum atomic E-state index is 14.3. The summed E-state index contributed by atoms with van der Waals surface area (Å²) in [5.74, 6) is 0.870. The minimum absolute atomic E-state index is 0.128. The van der Waals surface area contributed by atoms with Crippen LogP contribution in [-0.4, -0.2) is 40.1 Å².